The summed E-state index contributed by atoms with van der Waals surface area (Å²) < 4.78 is 0. The SMILES string of the molecule is CSCC[C@@H](Nc1ncncc1CC(=O)O)C(=O)O. The lowest BCUT2D eigenvalue weighted by atomic mass is 10.2. The van der Waals surface area contributed by atoms with Crippen molar-refractivity contribution in [1.82, 2.24) is 9.97 Å². The molecule has 104 valence electrons. The third-order valence-corrected chi connectivity index (χ3v) is 2.99. The van der Waals surface area contributed by atoms with Crippen molar-refractivity contribution in [2.75, 3.05) is 17.3 Å². The van der Waals surface area contributed by atoms with Crippen LogP contribution in [0.15, 0.2) is 12.5 Å². The van der Waals surface area contributed by atoms with E-state index in [9.17, 15) is 9.59 Å². The lowest BCUT2D eigenvalue weighted by molar-refractivity contribution is -0.138. The summed E-state index contributed by atoms with van der Waals surface area (Å²) in [6.45, 7) is 0. The van der Waals surface area contributed by atoms with Crippen molar-refractivity contribution in [2.45, 2.75) is 18.9 Å². The smallest absolute Gasteiger partial charge is 0.326 e. The van der Waals surface area contributed by atoms with Gasteiger partial charge >= 0.3 is 11.9 Å². The van der Waals surface area contributed by atoms with Gasteiger partial charge < -0.3 is 15.5 Å². The van der Waals surface area contributed by atoms with Gasteiger partial charge in [0, 0.05) is 11.8 Å². The molecule has 0 aliphatic rings. The molecule has 0 saturated heterocycles. The molecule has 8 heteroatoms. The summed E-state index contributed by atoms with van der Waals surface area (Å²) in [6, 6.07) is -0.796. The summed E-state index contributed by atoms with van der Waals surface area (Å²) in [4.78, 5) is 29.5. The van der Waals surface area contributed by atoms with Crippen LogP contribution < -0.4 is 5.32 Å². The number of rotatable bonds is 8. The highest BCUT2D eigenvalue weighted by molar-refractivity contribution is 7.98. The van der Waals surface area contributed by atoms with Gasteiger partial charge in [0.2, 0.25) is 0 Å². The van der Waals surface area contributed by atoms with Gasteiger partial charge in [0.1, 0.15) is 18.2 Å². The van der Waals surface area contributed by atoms with Gasteiger partial charge in [-0.3, -0.25) is 4.79 Å². The number of carboxylic acids is 2. The first-order chi connectivity index (χ1) is 9.04. The Morgan fingerprint density at radius 3 is 2.79 bits per heavy atom. The summed E-state index contributed by atoms with van der Waals surface area (Å²) >= 11 is 1.54. The maximum atomic E-state index is 11.1. The minimum Gasteiger partial charge on any atom is -0.481 e. The van der Waals surface area contributed by atoms with Crippen LogP contribution >= 0.6 is 11.8 Å². The molecule has 1 rings (SSSR count). The molecule has 0 aromatic carbocycles. The monoisotopic (exact) mass is 285 g/mol. The van der Waals surface area contributed by atoms with Crippen LogP contribution in [0.2, 0.25) is 0 Å². The molecule has 0 radical (unpaired) electrons. The fourth-order valence-corrected chi connectivity index (χ4v) is 1.91. The van der Waals surface area contributed by atoms with Crippen molar-refractivity contribution < 1.29 is 19.8 Å². The van der Waals surface area contributed by atoms with Crippen molar-refractivity contribution in [3.63, 3.8) is 0 Å². The Bertz CT molecular complexity index is 455. The van der Waals surface area contributed by atoms with Crippen LogP contribution in [-0.4, -0.2) is 50.2 Å². The van der Waals surface area contributed by atoms with E-state index in [0.29, 0.717) is 17.7 Å². The normalized spacial score (nSPS) is 11.8. The molecule has 1 heterocycles. The molecule has 0 amide bonds. The molecule has 3 N–H and O–H groups in total. The van der Waals surface area contributed by atoms with E-state index in [1.165, 1.54) is 12.5 Å². The molecule has 1 atom stereocenters. The predicted molar refractivity (Wildman–Crippen MR) is 71.4 cm³/mol. The maximum Gasteiger partial charge on any atom is 0.326 e. The zero-order chi connectivity index (χ0) is 14.3. The molecule has 0 saturated carbocycles. The van der Waals surface area contributed by atoms with Crippen molar-refractivity contribution in [1.29, 1.82) is 0 Å². The largest absolute Gasteiger partial charge is 0.481 e. The highest BCUT2D eigenvalue weighted by Gasteiger charge is 2.19. The van der Waals surface area contributed by atoms with Crippen LogP contribution in [0.1, 0.15) is 12.0 Å². The number of nitrogens with one attached hydrogen (secondary N) is 1. The molecule has 0 fully saturated rings. The fraction of sp³-hybridized carbons (Fsp3) is 0.455. The zero-order valence-corrected chi connectivity index (χ0v) is 11.2. The van der Waals surface area contributed by atoms with Crippen LogP contribution in [0.5, 0.6) is 0 Å². The molecule has 7 nitrogen and oxygen atoms in total. The van der Waals surface area contributed by atoms with E-state index in [2.05, 4.69) is 15.3 Å². The highest BCUT2D eigenvalue weighted by atomic mass is 32.2. The van der Waals surface area contributed by atoms with Gasteiger partial charge in [-0.1, -0.05) is 0 Å². The Labute approximate surface area is 114 Å². The van der Waals surface area contributed by atoms with Gasteiger partial charge in [0.05, 0.1) is 6.42 Å². The second kappa shape index (κ2) is 7.57. The molecule has 0 aliphatic heterocycles. The topological polar surface area (TPSA) is 112 Å². The molecular formula is C11H15N3O4S. The summed E-state index contributed by atoms with van der Waals surface area (Å²) in [7, 11) is 0. The molecular weight excluding hydrogens is 270 g/mol. The predicted octanol–water partition coefficient (Wildman–Crippen LogP) is 0.722. The number of hydrogen-bond acceptors (Lipinski definition) is 6. The summed E-state index contributed by atoms with van der Waals surface area (Å²) in [5.41, 5.74) is 0.366. The Balaban J connectivity index is 2.83. The number of thioether (sulfide) groups is 1. The van der Waals surface area contributed by atoms with Gasteiger partial charge in [-0.25, -0.2) is 14.8 Å². The number of anilines is 1. The number of aromatic nitrogens is 2. The minimum absolute atomic E-state index is 0.252. The van der Waals surface area contributed by atoms with E-state index >= 15 is 0 Å². The Morgan fingerprint density at radius 2 is 2.21 bits per heavy atom. The molecule has 0 spiro atoms. The molecule has 1 aromatic rings. The molecule has 0 unspecified atom stereocenters. The fourth-order valence-electron chi connectivity index (χ4n) is 1.44. The van der Waals surface area contributed by atoms with Gasteiger partial charge in [-0.2, -0.15) is 11.8 Å². The summed E-state index contributed by atoms with van der Waals surface area (Å²) in [5.74, 6) is -1.07. The van der Waals surface area contributed by atoms with Crippen molar-refractivity contribution in [3.05, 3.63) is 18.1 Å². The summed E-state index contributed by atoms with van der Waals surface area (Å²) in [6.07, 6.45) is 4.68. The van der Waals surface area contributed by atoms with Crippen LogP contribution in [0.25, 0.3) is 0 Å². The van der Waals surface area contributed by atoms with E-state index in [4.69, 9.17) is 10.2 Å². The Kier molecular flexibility index (Phi) is 6.07. The number of aliphatic carboxylic acids is 2. The van der Waals surface area contributed by atoms with E-state index in [0.717, 1.165) is 0 Å². The lowest BCUT2D eigenvalue weighted by Gasteiger charge is -2.16. The van der Waals surface area contributed by atoms with E-state index < -0.39 is 18.0 Å². The average Bonchev–Trinajstić information content (AvgIpc) is 2.35. The third-order valence-electron chi connectivity index (χ3n) is 2.35. The Morgan fingerprint density at radius 1 is 1.47 bits per heavy atom. The van der Waals surface area contributed by atoms with E-state index in [-0.39, 0.29) is 12.2 Å². The van der Waals surface area contributed by atoms with Crippen molar-refractivity contribution in [2.24, 2.45) is 0 Å². The van der Waals surface area contributed by atoms with Gasteiger partial charge in [-0.15, -0.1) is 0 Å². The molecule has 0 bridgehead atoms. The van der Waals surface area contributed by atoms with Gasteiger partial charge in [0.25, 0.3) is 0 Å². The van der Waals surface area contributed by atoms with Crippen LogP contribution in [-0.2, 0) is 16.0 Å². The number of carboxylic acid groups (broad SMARTS) is 2. The van der Waals surface area contributed by atoms with Crippen LogP contribution in [0.3, 0.4) is 0 Å². The zero-order valence-electron chi connectivity index (χ0n) is 10.4. The Hall–Kier alpha value is -1.83. The quantitative estimate of drug-likeness (QED) is 0.640. The average molecular weight is 285 g/mol. The standard InChI is InChI=1S/C11H15N3O4S/c1-19-3-2-8(11(17)18)14-10-7(4-9(15)16)5-12-6-13-10/h5-6,8H,2-4H2,1H3,(H,15,16)(H,17,18)(H,12,13,14)/t8-/m1/s1. The van der Waals surface area contributed by atoms with Crippen LogP contribution in [0, 0.1) is 0 Å². The minimum atomic E-state index is -1.02. The molecule has 0 aliphatic carbocycles. The lowest BCUT2D eigenvalue weighted by Crippen LogP contribution is -2.31. The number of nitrogens with zero attached hydrogens (tertiary/aromatic N) is 2. The van der Waals surface area contributed by atoms with Crippen molar-refractivity contribution in [3.8, 4) is 0 Å². The second-order valence-electron chi connectivity index (χ2n) is 3.78. The second-order valence-corrected chi connectivity index (χ2v) is 4.77. The first-order valence-corrected chi connectivity index (χ1v) is 6.93. The molecule has 19 heavy (non-hydrogen) atoms. The van der Waals surface area contributed by atoms with Gasteiger partial charge in [-0.05, 0) is 18.4 Å². The first kappa shape index (κ1) is 15.2. The number of carbonyl (C=O) groups is 2. The number of hydrogen-bond donors (Lipinski definition) is 3. The third kappa shape index (κ3) is 5.12. The highest BCUT2D eigenvalue weighted by Crippen LogP contribution is 2.14. The van der Waals surface area contributed by atoms with E-state index in [1.54, 1.807) is 11.8 Å². The first-order valence-electron chi connectivity index (χ1n) is 5.53. The van der Waals surface area contributed by atoms with Crippen molar-refractivity contribution >= 4 is 29.5 Å². The van der Waals surface area contributed by atoms with Gasteiger partial charge in [0.15, 0.2) is 0 Å². The maximum absolute atomic E-state index is 11.1. The molecule has 1 aromatic heterocycles. The van der Waals surface area contributed by atoms with Crippen LogP contribution in [0.4, 0.5) is 5.82 Å². The summed E-state index contributed by atoms with van der Waals surface area (Å²) in [5, 5.41) is 20.6. The van der Waals surface area contributed by atoms with E-state index in [1.807, 2.05) is 6.26 Å².